The number of carbonyl (C=O) groups is 1. The molecular weight excluding hydrogens is 264 g/mol. The van der Waals surface area contributed by atoms with E-state index in [4.69, 9.17) is 0 Å². The average Bonchev–Trinajstić information content (AvgIpc) is 2.91. The summed E-state index contributed by atoms with van der Waals surface area (Å²) in [5.74, 6) is -0.0966. The van der Waals surface area contributed by atoms with E-state index in [0.29, 0.717) is 17.7 Å². The average molecular weight is 280 g/mol. The fourth-order valence-electron chi connectivity index (χ4n) is 2.43. The van der Waals surface area contributed by atoms with Crippen molar-refractivity contribution >= 4 is 22.5 Å². The summed E-state index contributed by atoms with van der Waals surface area (Å²) in [6, 6.07) is 15.1. The number of para-hydroxylation sites is 2. The van der Waals surface area contributed by atoms with Gasteiger partial charge in [-0.1, -0.05) is 36.4 Å². The summed E-state index contributed by atoms with van der Waals surface area (Å²) < 4.78 is 0. The van der Waals surface area contributed by atoms with Gasteiger partial charge in [-0.2, -0.15) is 0 Å². The van der Waals surface area contributed by atoms with Crippen LogP contribution in [0.2, 0.25) is 0 Å². The van der Waals surface area contributed by atoms with Gasteiger partial charge >= 0.3 is 0 Å². The van der Waals surface area contributed by atoms with E-state index in [1.54, 1.807) is 12.1 Å². The molecule has 1 heterocycles. The Kier molecular flexibility index (Phi) is 3.71. The standard InChI is InChI=1S/C17H16N2O2/c20-11-12-5-1-3-7-15(12)19-17(21)9-13-10-18-16-8-4-2-6-14(13)16/h1-8,10,18,20H,9,11H2,(H,19,21). The van der Waals surface area contributed by atoms with E-state index in [1.807, 2.05) is 42.6 Å². The minimum Gasteiger partial charge on any atom is -0.392 e. The van der Waals surface area contributed by atoms with Crippen LogP contribution >= 0.6 is 0 Å². The second-order valence-corrected chi connectivity index (χ2v) is 4.90. The van der Waals surface area contributed by atoms with Crippen LogP contribution < -0.4 is 5.32 Å². The minimum absolute atomic E-state index is 0.0937. The van der Waals surface area contributed by atoms with Crippen molar-refractivity contribution in [2.24, 2.45) is 0 Å². The molecule has 4 heteroatoms. The fraction of sp³-hybridized carbons (Fsp3) is 0.118. The number of carbonyl (C=O) groups excluding carboxylic acids is 1. The second-order valence-electron chi connectivity index (χ2n) is 4.90. The number of fused-ring (bicyclic) bond motifs is 1. The van der Waals surface area contributed by atoms with Gasteiger partial charge in [0.25, 0.3) is 0 Å². The SMILES string of the molecule is O=C(Cc1c[nH]c2ccccc12)Nc1ccccc1CO. The lowest BCUT2D eigenvalue weighted by atomic mass is 10.1. The molecule has 4 nitrogen and oxygen atoms in total. The van der Waals surface area contributed by atoms with E-state index in [9.17, 15) is 9.90 Å². The van der Waals surface area contributed by atoms with Gasteiger partial charge in [-0.15, -0.1) is 0 Å². The summed E-state index contributed by atoms with van der Waals surface area (Å²) in [6.45, 7) is -0.0937. The molecule has 21 heavy (non-hydrogen) atoms. The maximum atomic E-state index is 12.2. The van der Waals surface area contributed by atoms with Gasteiger partial charge in [0.2, 0.25) is 5.91 Å². The van der Waals surface area contributed by atoms with Gasteiger partial charge < -0.3 is 15.4 Å². The molecule has 3 N–H and O–H groups in total. The number of hydrogen-bond donors (Lipinski definition) is 3. The van der Waals surface area contributed by atoms with E-state index >= 15 is 0 Å². The molecule has 0 atom stereocenters. The predicted molar refractivity (Wildman–Crippen MR) is 83.0 cm³/mol. The molecule has 0 radical (unpaired) electrons. The van der Waals surface area contributed by atoms with Crippen LogP contribution in [0, 0.1) is 0 Å². The molecule has 0 saturated heterocycles. The Balaban J connectivity index is 1.77. The van der Waals surface area contributed by atoms with Crippen LogP contribution in [0.1, 0.15) is 11.1 Å². The van der Waals surface area contributed by atoms with Gasteiger partial charge in [0, 0.05) is 28.4 Å². The Labute approximate surface area is 122 Å². The summed E-state index contributed by atoms with van der Waals surface area (Å²) >= 11 is 0. The molecule has 106 valence electrons. The quantitative estimate of drug-likeness (QED) is 0.688. The topological polar surface area (TPSA) is 65.1 Å². The van der Waals surface area contributed by atoms with E-state index in [0.717, 1.165) is 16.5 Å². The first-order valence-electron chi connectivity index (χ1n) is 6.81. The molecule has 0 aliphatic heterocycles. The van der Waals surface area contributed by atoms with Crippen molar-refractivity contribution in [2.75, 3.05) is 5.32 Å². The lowest BCUT2D eigenvalue weighted by Crippen LogP contribution is -2.15. The van der Waals surface area contributed by atoms with Crippen LogP contribution in [-0.4, -0.2) is 16.0 Å². The third kappa shape index (κ3) is 2.80. The third-order valence-corrected chi connectivity index (χ3v) is 3.49. The van der Waals surface area contributed by atoms with Gasteiger partial charge in [-0.05, 0) is 17.7 Å². The van der Waals surface area contributed by atoms with E-state index < -0.39 is 0 Å². The predicted octanol–water partition coefficient (Wildman–Crippen LogP) is 2.84. The number of hydrogen-bond acceptors (Lipinski definition) is 2. The fourth-order valence-corrected chi connectivity index (χ4v) is 2.43. The largest absolute Gasteiger partial charge is 0.392 e. The van der Waals surface area contributed by atoms with Crippen molar-refractivity contribution in [1.82, 2.24) is 4.98 Å². The number of aromatic nitrogens is 1. The lowest BCUT2D eigenvalue weighted by Gasteiger charge is -2.08. The van der Waals surface area contributed by atoms with Crippen molar-refractivity contribution in [3.05, 3.63) is 65.9 Å². The van der Waals surface area contributed by atoms with Crippen LogP contribution in [0.3, 0.4) is 0 Å². The molecule has 2 aromatic carbocycles. The van der Waals surface area contributed by atoms with Crippen molar-refractivity contribution in [3.63, 3.8) is 0 Å². The van der Waals surface area contributed by atoms with Gasteiger partial charge in [0.15, 0.2) is 0 Å². The lowest BCUT2D eigenvalue weighted by molar-refractivity contribution is -0.115. The molecule has 1 amide bonds. The Morgan fingerprint density at radius 3 is 2.67 bits per heavy atom. The molecule has 0 bridgehead atoms. The molecule has 0 spiro atoms. The number of rotatable bonds is 4. The van der Waals surface area contributed by atoms with Crippen LogP contribution in [-0.2, 0) is 17.8 Å². The van der Waals surface area contributed by atoms with E-state index in [-0.39, 0.29) is 12.5 Å². The van der Waals surface area contributed by atoms with Crippen molar-refractivity contribution in [2.45, 2.75) is 13.0 Å². The number of benzene rings is 2. The molecule has 0 saturated carbocycles. The first-order valence-corrected chi connectivity index (χ1v) is 6.81. The Hall–Kier alpha value is -2.59. The zero-order valence-electron chi connectivity index (χ0n) is 11.5. The summed E-state index contributed by atoms with van der Waals surface area (Å²) in [4.78, 5) is 15.3. The maximum Gasteiger partial charge on any atom is 0.228 e. The van der Waals surface area contributed by atoms with E-state index in [1.165, 1.54) is 0 Å². The maximum absolute atomic E-state index is 12.2. The zero-order valence-corrected chi connectivity index (χ0v) is 11.5. The number of amides is 1. The number of H-pyrrole nitrogens is 1. The second kappa shape index (κ2) is 5.81. The molecule has 1 aromatic heterocycles. The number of nitrogens with one attached hydrogen (secondary N) is 2. The highest BCUT2D eigenvalue weighted by molar-refractivity contribution is 5.96. The third-order valence-electron chi connectivity index (χ3n) is 3.49. The molecule has 0 aliphatic rings. The number of aliphatic hydroxyl groups is 1. The van der Waals surface area contributed by atoms with Crippen molar-refractivity contribution < 1.29 is 9.90 Å². The van der Waals surface area contributed by atoms with Crippen LogP contribution in [0.25, 0.3) is 10.9 Å². The molecule has 0 aliphatic carbocycles. The first kappa shape index (κ1) is 13.4. The van der Waals surface area contributed by atoms with Crippen LogP contribution in [0.15, 0.2) is 54.7 Å². The highest BCUT2D eigenvalue weighted by Crippen LogP contribution is 2.19. The highest BCUT2D eigenvalue weighted by atomic mass is 16.3. The zero-order chi connectivity index (χ0) is 14.7. The van der Waals surface area contributed by atoms with Gasteiger partial charge in [0.1, 0.15) is 0 Å². The normalized spacial score (nSPS) is 10.7. The van der Waals surface area contributed by atoms with Gasteiger partial charge in [-0.3, -0.25) is 4.79 Å². The summed E-state index contributed by atoms with van der Waals surface area (Å²) in [6.07, 6.45) is 2.16. The first-order chi connectivity index (χ1) is 10.3. The number of aromatic amines is 1. The summed E-state index contributed by atoms with van der Waals surface area (Å²) in [5.41, 5.74) is 3.36. The summed E-state index contributed by atoms with van der Waals surface area (Å²) in [7, 11) is 0. The molecule has 0 fully saturated rings. The number of aliphatic hydroxyl groups excluding tert-OH is 1. The Morgan fingerprint density at radius 1 is 1.05 bits per heavy atom. The smallest absolute Gasteiger partial charge is 0.228 e. The number of anilines is 1. The molecule has 0 unspecified atom stereocenters. The van der Waals surface area contributed by atoms with Crippen molar-refractivity contribution in [3.8, 4) is 0 Å². The van der Waals surface area contributed by atoms with Crippen LogP contribution in [0.4, 0.5) is 5.69 Å². The molecule has 3 rings (SSSR count). The van der Waals surface area contributed by atoms with Crippen LogP contribution in [0.5, 0.6) is 0 Å². The van der Waals surface area contributed by atoms with Gasteiger partial charge in [-0.25, -0.2) is 0 Å². The Bertz CT molecular complexity index is 777. The van der Waals surface area contributed by atoms with Crippen molar-refractivity contribution in [1.29, 1.82) is 0 Å². The monoisotopic (exact) mass is 280 g/mol. The highest BCUT2D eigenvalue weighted by Gasteiger charge is 2.10. The minimum atomic E-state index is -0.0966. The van der Waals surface area contributed by atoms with E-state index in [2.05, 4.69) is 10.3 Å². The molecule has 3 aromatic rings. The Morgan fingerprint density at radius 2 is 1.81 bits per heavy atom. The van der Waals surface area contributed by atoms with Gasteiger partial charge in [0.05, 0.1) is 13.0 Å². The summed E-state index contributed by atoms with van der Waals surface area (Å²) in [5, 5.41) is 13.2. The molecular formula is C17H16N2O2.